The summed E-state index contributed by atoms with van der Waals surface area (Å²) in [5.41, 5.74) is 1.63. The number of aromatic nitrogens is 1. The molecule has 0 spiro atoms. The Morgan fingerprint density at radius 3 is 2.70 bits per heavy atom. The highest BCUT2D eigenvalue weighted by atomic mass is 16.5. The van der Waals surface area contributed by atoms with E-state index in [1.54, 1.807) is 44.8 Å². The van der Waals surface area contributed by atoms with Crippen LogP contribution in [0.3, 0.4) is 0 Å². The zero-order chi connectivity index (χ0) is 14.4. The van der Waals surface area contributed by atoms with E-state index in [9.17, 15) is 4.79 Å². The molecule has 1 aromatic heterocycles. The van der Waals surface area contributed by atoms with Gasteiger partial charge in [-0.3, -0.25) is 9.78 Å². The smallest absolute Gasteiger partial charge is 0.166 e. The van der Waals surface area contributed by atoms with Crippen molar-refractivity contribution in [1.82, 2.24) is 4.98 Å². The minimum absolute atomic E-state index is 0.0494. The second kappa shape index (κ2) is 6.70. The van der Waals surface area contributed by atoms with Crippen molar-refractivity contribution in [2.45, 2.75) is 12.8 Å². The van der Waals surface area contributed by atoms with Crippen molar-refractivity contribution in [2.24, 2.45) is 0 Å². The van der Waals surface area contributed by atoms with Crippen LogP contribution < -0.4 is 9.47 Å². The van der Waals surface area contributed by atoms with Crippen molar-refractivity contribution < 1.29 is 14.3 Å². The number of carbonyl (C=O) groups is 1. The van der Waals surface area contributed by atoms with Gasteiger partial charge in [-0.15, -0.1) is 0 Å². The predicted molar refractivity (Wildman–Crippen MR) is 76.4 cm³/mol. The third-order valence-electron chi connectivity index (χ3n) is 3.07. The standard InChI is InChI=1S/C16H17NO3/c1-19-13-6-7-14(16(10-13)20-2)15(18)8-5-12-4-3-9-17-11-12/h3-4,6-7,9-11H,5,8H2,1-2H3. The van der Waals surface area contributed by atoms with Crippen LogP contribution >= 0.6 is 0 Å². The van der Waals surface area contributed by atoms with Crippen LogP contribution in [0, 0.1) is 0 Å². The molecule has 0 unspecified atom stereocenters. The molecule has 0 N–H and O–H groups in total. The van der Waals surface area contributed by atoms with Crippen molar-refractivity contribution in [3.63, 3.8) is 0 Å². The SMILES string of the molecule is COc1ccc(C(=O)CCc2cccnc2)c(OC)c1. The first-order valence-corrected chi connectivity index (χ1v) is 6.38. The highest BCUT2D eigenvalue weighted by Crippen LogP contribution is 2.25. The summed E-state index contributed by atoms with van der Waals surface area (Å²) in [6, 6.07) is 9.06. The van der Waals surface area contributed by atoms with Gasteiger partial charge < -0.3 is 9.47 Å². The molecule has 0 atom stereocenters. The first kappa shape index (κ1) is 14.1. The van der Waals surface area contributed by atoms with Crippen LogP contribution in [-0.2, 0) is 6.42 Å². The van der Waals surface area contributed by atoms with Crippen LogP contribution in [0.4, 0.5) is 0 Å². The number of nitrogens with zero attached hydrogens (tertiary/aromatic N) is 1. The van der Waals surface area contributed by atoms with Crippen molar-refractivity contribution in [1.29, 1.82) is 0 Å². The van der Waals surface area contributed by atoms with Gasteiger partial charge in [0, 0.05) is 24.9 Å². The molecule has 1 heterocycles. The Kier molecular flexibility index (Phi) is 4.71. The number of ketones is 1. The van der Waals surface area contributed by atoms with Crippen LogP contribution in [0.25, 0.3) is 0 Å². The van der Waals surface area contributed by atoms with E-state index >= 15 is 0 Å². The maximum Gasteiger partial charge on any atom is 0.166 e. The van der Waals surface area contributed by atoms with Crippen molar-refractivity contribution >= 4 is 5.78 Å². The average molecular weight is 271 g/mol. The first-order chi connectivity index (χ1) is 9.74. The molecule has 20 heavy (non-hydrogen) atoms. The van der Waals surface area contributed by atoms with E-state index in [1.807, 2.05) is 12.1 Å². The molecule has 4 nitrogen and oxygen atoms in total. The molecule has 0 saturated carbocycles. The van der Waals surface area contributed by atoms with E-state index in [4.69, 9.17) is 9.47 Å². The molecule has 0 aliphatic carbocycles. The minimum Gasteiger partial charge on any atom is -0.497 e. The van der Waals surface area contributed by atoms with Gasteiger partial charge in [-0.25, -0.2) is 0 Å². The molecule has 0 radical (unpaired) electrons. The number of pyridine rings is 1. The Morgan fingerprint density at radius 1 is 1.20 bits per heavy atom. The highest BCUT2D eigenvalue weighted by Gasteiger charge is 2.13. The van der Waals surface area contributed by atoms with Crippen LogP contribution in [0.15, 0.2) is 42.7 Å². The number of benzene rings is 1. The number of aryl methyl sites for hydroxylation is 1. The lowest BCUT2D eigenvalue weighted by atomic mass is 10.0. The number of methoxy groups -OCH3 is 2. The highest BCUT2D eigenvalue weighted by molar-refractivity contribution is 5.99. The number of rotatable bonds is 6. The Morgan fingerprint density at radius 2 is 2.05 bits per heavy atom. The van der Waals surface area contributed by atoms with E-state index in [0.29, 0.717) is 29.9 Å². The molecule has 0 aliphatic rings. The number of carbonyl (C=O) groups excluding carboxylic acids is 1. The fourth-order valence-corrected chi connectivity index (χ4v) is 1.97. The lowest BCUT2D eigenvalue weighted by Crippen LogP contribution is -2.04. The van der Waals surface area contributed by atoms with E-state index in [-0.39, 0.29) is 5.78 Å². The summed E-state index contributed by atoms with van der Waals surface area (Å²) >= 11 is 0. The normalized spacial score (nSPS) is 10.1. The van der Waals surface area contributed by atoms with Gasteiger partial charge in [0.2, 0.25) is 0 Å². The van der Waals surface area contributed by atoms with Gasteiger partial charge in [0.1, 0.15) is 11.5 Å². The van der Waals surface area contributed by atoms with Gasteiger partial charge in [-0.1, -0.05) is 6.07 Å². The fourth-order valence-electron chi connectivity index (χ4n) is 1.97. The van der Waals surface area contributed by atoms with E-state index in [2.05, 4.69) is 4.98 Å². The quantitative estimate of drug-likeness (QED) is 0.758. The van der Waals surface area contributed by atoms with Gasteiger partial charge in [0.25, 0.3) is 0 Å². The Hall–Kier alpha value is -2.36. The minimum atomic E-state index is 0.0494. The predicted octanol–water partition coefficient (Wildman–Crippen LogP) is 2.91. The van der Waals surface area contributed by atoms with Gasteiger partial charge in [0.15, 0.2) is 5.78 Å². The summed E-state index contributed by atoms with van der Waals surface area (Å²) in [6.45, 7) is 0. The molecule has 0 fully saturated rings. The fraction of sp³-hybridized carbons (Fsp3) is 0.250. The zero-order valence-electron chi connectivity index (χ0n) is 11.6. The Balaban J connectivity index is 2.09. The largest absolute Gasteiger partial charge is 0.497 e. The number of Topliss-reactive ketones (excluding diaryl/α,β-unsaturated/α-hetero) is 1. The van der Waals surface area contributed by atoms with Gasteiger partial charge in [-0.05, 0) is 30.2 Å². The van der Waals surface area contributed by atoms with Gasteiger partial charge in [0.05, 0.1) is 19.8 Å². The zero-order valence-corrected chi connectivity index (χ0v) is 11.6. The summed E-state index contributed by atoms with van der Waals surface area (Å²) < 4.78 is 10.4. The third-order valence-corrected chi connectivity index (χ3v) is 3.07. The van der Waals surface area contributed by atoms with Crippen LogP contribution in [0.1, 0.15) is 22.3 Å². The molecular weight excluding hydrogens is 254 g/mol. The van der Waals surface area contributed by atoms with Crippen LogP contribution in [-0.4, -0.2) is 25.0 Å². The Bertz CT molecular complexity index is 582. The summed E-state index contributed by atoms with van der Waals surface area (Å²) in [4.78, 5) is 16.3. The second-order valence-electron chi connectivity index (χ2n) is 4.35. The molecule has 104 valence electrons. The maximum absolute atomic E-state index is 12.3. The molecule has 0 amide bonds. The molecular formula is C16H17NO3. The summed E-state index contributed by atoms with van der Waals surface area (Å²) in [5.74, 6) is 1.26. The number of hydrogen-bond acceptors (Lipinski definition) is 4. The number of ether oxygens (including phenoxy) is 2. The second-order valence-corrected chi connectivity index (χ2v) is 4.35. The monoisotopic (exact) mass is 271 g/mol. The van der Waals surface area contributed by atoms with Crippen LogP contribution in [0.2, 0.25) is 0 Å². The molecule has 4 heteroatoms. The van der Waals surface area contributed by atoms with E-state index < -0.39 is 0 Å². The molecule has 2 aromatic rings. The van der Waals surface area contributed by atoms with Crippen molar-refractivity contribution in [3.8, 4) is 11.5 Å². The van der Waals surface area contributed by atoms with Gasteiger partial charge in [-0.2, -0.15) is 0 Å². The molecule has 0 saturated heterocycles. The summed E-state index contributed by atoms with van der Waals surface area (Å²) in [7, 11) is 3.13. The van der Waals surface area contributed by atoms with Gasteiger partial charge >= 0.3 is 0 Å². The molecule has 2 rings (SSSR count). The topological polar surface area (TPSA) is 48.4 Å². The maximum atomic E-state index is 12.3. The average Bonchev–Trinajstić information content (AvgIpc) is 2.52. The molecule has 0 bridgehead atoms. The lowest BCUT2D eigenvalue weighted by molar-refractivity contribution is 0.0980. The van der Waals surface area contributed by atoms with E-state index in [1.165, 1.54) is 0 Å². The molecule has 0 aliphatic heterocycles. The molecule has 1 aromatic carbocycles. The van der Waals surface area contributed by atoms with Crippen LogP contribution in [0.5, 0.6) is 11.5 Å². The summed E-state index contributed by atoms with van der Waals surface area (Å²) in [6.07, 6.45) is 4.59. The third kappa shape index (κ3) is 3.35. The summed E-state index contributed by atoms with van der Waals surface area (Å²) in [5, 5.41) is 0. The first-order valence-electron chi connectivity index (χ1n) is 6.38. The van der Waals surface area contributed by atoms with Crippen molar-refractivity contribution in [2.75, 3.05) is 14.2 Å². The van der Waals surface area contributed by atoms with E-state index in [0.717, 1.165) is 5.56 Å². The Labute approximate surface area is 118 Å². The lowest BCUT2D eigenvalue weighted by Gasteiger charge is -2.09. The van der Waals surface area contributed by atoms with Crippen molar-refractivity contribution in [3.05, 3.63) is 53.9 Å². The number of hydrogen-bond donors (Lipinski definition) is 0.